The van der Waals surface area contributed by atoms with Crippen molar-refractivity contribution in [1.82, 2.24) is 15.3 Å². The van der Waals surface area contributed by atoms with Gasteiger partial charge in [-0.1, -0.05) is 42.5 Å². The molecule has 0 aliphatic heterocycles. The number of carbonyl (C=O) groups excluding carboxylic acids is 1. The van der Waals surface area contributed by atoms with E-state index in [1.54, 1.807) is 6.08 Å². The molecule has 2 N–H and O–H groups in total. The Bertz CT molecular complexity index is 958. The van der Waals surface area contributed by atoms with Gasteiger partial charge >= 0.3 is 0 Å². The summed E-state index contributed by atoms with van der Waals surface area (Å²) in [6.07, 6.45) is 4.85. The minimum atomic E-state index is -0.461. The summed E-state index contributed by atoms with van der Waals surface area (Å²) in [6.45, 7) is 0. The first-order valence-electron chi connectivity index (χ1n) is 7.15. The van der Waals surface area contributed by atoms with Gasteiger partial charge in [-0.25, -0.2) is 4.98 Å². The first kappa shape index (κ1) is 14.7. The van der Waals surface area contributed by atoms with Crippen LogP contribution < -0.4 is 10.9 Å². The first-order chi connectivity index (χ1) is 11.2. The molecule has 5 nitrogen and oxygen atoms in total. The number of H-pyrrole nitrogens is 1. The van der Waals surface area contributed by atoms with Crippen LogP contribution >= 0.6 is 0 Å². The van der Waals surface area contributed by atoms with Crippen LogP contribution in [0.5, 0.6) is 0 Å². The molecule has 3 rings (SSSR count). The van der Waals surface area contributed by atoms with Gasteiger partial charge in [0.05, 0.1) is 0 Å². The molecule has 2 aromatic carbocycles. The second kappa shape index (κ2) is 6.27. The van der Waals surface area contributed by atoms with Gasteiger partial charge < -0.3 is 10.3 Å². The highest BCUT2D eigenvalue weighted by molar-refractivity contribution is 5.93. The quantitative estimate of drug-likeness (QED) is 0.780. The Labute approximate surface area is 132 Å². The zero-order valence-electron chi connectivity index (χ0n) is 12.5. The Morgan fingerprint density at radius 1 is 1.13 bits per heavy atom. The Hall–Kier alpha value is -3.21. The van der Waals surface area contributed by atoms with Crippen LogP contribution in [-0.4, -0.2) is 22.9 Å². The van der Waals surface area contributed by atoms with E-state index in [4.69, 9.17) is 0 Å². The maximum atomic E-state index is 11.8. The first-order valence-corrected chi connectivity index (χ1v) is 7.15. The Balaban J connectivity index is 1.88. The van der Waals surface area contributed by atoms with Gasteiger partial charge in [0.15, 0.2) is 0 Å². The van der Waals surface area contributed by atoms with E-state index >= 15 is 0 Å². The number of carbonyl (C=O) groups is 1. The van der Waals surface area contributed by atoms with Crippen molar-refractivity contribution in [3.8, 4) is 0 Å². The van der Waals surface area contributed by atoms with Gasteiger partial charge in [-0.05, 0) is 28.5 Å². The molecule has 3 aromatic rings. The zero-order valence-corrected chi connectivity index (χ0v) is 12.5. The second-order valence-corrected chi connectivity index (χ2v) is 5.03. The molecule has 0 spiro atoms. The highest BCUT2D eigenvalue weighted by Crippen LogP contribution is 2.16. The van der Waals surface area contributed by atoms with E-state index in [0.717, 1.165) is 10.9 Å². The van der Waals surface area contributed by atoms with Gasteiger partial charge in [0.25, 0.3) is 11.5 Å². The lowest BCUT2D eigenvalue weighted by Gasteiger charge is -2.00. The fourth-order valence-corrected chi connectivity index (χ4v) is 2.28. The van der Waals surface area contributed by atoms with Crippen molar-refractivity contribution in [2.75, 3.05) is 7.05 Å². The van der Waals surface area contributed by atoms with E-state index in [2.05, 4.69) is 27.4 Å². The zero-order chi connectivity index (χ0) is 16.2. The monoisotopic (exact) mass is 305 g/mol. The van der Waals surface area contributed by atoms with Crippen molar-refractivity contribution >= 4 is 28.8 Å². The van der Waals surface area contributed by atoms with E-state index in [-0.39, 0.29) is 5.56 Å². The van der Waals surface area contributed by atoms with Crippen LogP contribution in [0.3, 0.4) is 0 Å². The van der Waals surface area contributed by atoms with Crippen LogP contribution in [0.25, 0.3) is 22.9 Å². The lowest BCUT2D eigenvalue weighted by Crippen LogP contribution is -2.27. The summed E-state index contributed by atoms with van der Waals surface area (Å²) in [5, 5.41) is 4.72. The summed E-state index contributed by atoms with van der Waals surface area (Å²) in [5.41, 5.74) is 0.537. The van der Waals surface area contributed by atoms with Crippen molar-refractivity contribution in [2.45, 2.75) is 0 Å². The van der Waals surface area contributed by atoms with E-state index in [0.29, 0.717) is 5.82 Å². The molecule has 23 heavy (non-hydrogen) atoms. The summed E-state index contributed by atoms with van der Waals surface area (Å²) < 4.78 is 0. The third-order valence-corrected chi connectivity index (χ3v) is 3.50. The number of hydrogen-bond acceptors (Lipinski definition) is 3. The summed E-state index contributed by atoms with van der Waals surface area (Å²) in [4.78, 5) is 30.0. The van der Waals surface area contributed by atoms with Crippen LogP contribution in [0.1, 0.15) is 21.7 Å². The molecule has 0 radical (unpaired) electrons. The maximum absolute atomic E-state index is 11.8. The molecule has 0 bridgehead atoms. The molecular formula is C18H15N3O2. The molecule has 0 aliphatic carbocycles. The standard InChI is InChI=1S/C18H15N3O2/c1-19-17(22)15-11-20-16(21-18(15)23)9-7-12-6-8-13-4-2-3-5-14(13)10-12/h2-11H,1H3,(H,19,22)(H,20,21,23)/b9-7+. The Kier molecular flexibility index (Phi) is 4.01. The molecule has 0 unspecified atom stereocenters. The lowest BCUT2D eigenvalue weighted by atomic mass is 10.1. The van der Waals surface area contributed by atoms with Gasteiger partial charge in [0.2, 0.25) is 0 Å². The summed E-state index contributed by atoms with van der Waals surface area (Å²) in [7, 11) is 1.47. The lowest BCUT2D eigenvalue weighted by molar-refractivity contribution is 0.0961. The average Bonchev–Trinajstić information content (AvgIpc) is 2.59. The van der Waals surface area contributed by atoms with Crippen LogP contribution in [0.15, 0.2) is 53.5 Å². The number of fused-ring (bicyclic) bond motifs is 1. The fourth-order valence-electron chi connectivity index (χ4n) is 2.28. The highest BCUT2D eigenvalue weighted by atomic mass is 16.2. The Morgan fingerprint density at radius 2 is 1.91 bits per heavy atom. The number of aromatic amines is 1. The molecule has 1 amide bonds. The fraction of sp³-hybridized carbons (Fsp3) is 0.0556. The normalized spacial score (nSPS) is 11.0. The molecule has 0 saturated heterocycles. The van der Waals surface area contributed by atoms with Gasteiger partial charge in [0, 0.05) is 13.2 Å². The smallest absolute Gasteiger partial charge is 0.263 e. The topological polar surface area (TPSA) is 74.8 Å². The molecule has 114 valence electrons. The van der Waals surface area contributed by atoms with Crippen LogP contribution in [0.2, 0.25) is 0 Å². The summed E-state index contributed by atoms with van der Waals surface area (Å²) in [6, 6.07) is 14.2. The summed E-state index contributed by atoms with van der Waals surface area (Å²) in [5.74, 6) is -0.0559. The number of rotatable bonds is 3. The van der Waals surface area contributed by atoms with Crippen molar-refractivity contribution in [2.24, 2.45) is 0 Å². The number of nitrogens with zero attached hydrogens (tertiary/aromatic N) is 1. The van der Waals surface area contributed by atoms with E-state index in [9.17, 15) is 9.59 Å². The SMILES string of the molecule is CNC(=O)c1cnc(/C=C/c2ccc3ccccc3c2)[nH]c1=O. The number of benzene rings is 2. The molecule has 1 aromatic heterocycles. The summed E-state index contributed by atoms with van der Waals surface area (Å²) >= 11 is 0. The minimum absolute atomic E-state index is 0.00430. The molecule has 1 heterocycles. The van der Waals surface area contributed by atoms with Crippen LogP contribution in [0, 0.1) is 0 Å². The van der Waals surface area contributed by atoms with Gasteiger partial charge in [-0.15, -0.1) is 0 Å². The largest absolute Gasteiger partial charge is 0.355 e. The molecule has 0 atom stereocenters. The molecule has 5 heteroatoms. The third-order valence-electron chi connectivity index (χ3n) is 3.50. The average molecular weight is 305 g/mol. The number of aromatic nitrogens is 2. The predicted octanol–water partition coefficient (Wildman–Crippen LogP) is 2.45. The van der Waals surface area contributed by atoms with Gasteiger partial charge in [0.1, 0.15) is 11.4 Å². The van der Waals surface area contributed by atoms with E-state index in [1.807, 2.05) is 36.4 Å². The van der Waals surface area contributed by atoms with Gasteiger partial charge in [-0.2, -0.15) is 0 Å². The van der Waals surface area contributed by atoms with Crippen molar-refractivity contribution < 1.29 is 4.79 Å². The molecule has 0 aliphatic rings. The number of hydrogen-bond donors (Lipinski definition) is 2. The predicted molar refractivity (Wildman–Crippen MR) is 91.1 cm³/mol. The van der Waals surface area contributed by atoms with Crippen molar-refractivity contribution in [3.05, 3.63) is 76.0 Å². The molecule has 0 fully saturated rings. The third kappa shape index (κ3) is 3.18. The molecule has 0 saturated carbocycles. The number of nitrogens with one attached hydrogen (secondary N) is 2. The maximum Gasteiger partial charge on any atom is 0.263 e. The minimum Gasteiger partial charge on any atom is -0.355 e. The molecular weight excluding hydrogens is 290 g/mol. The van der Waals surface area contributed by atoms with E-state index in [1.165, 1.54) is 18.6 Å². The van der Waals surface area contributed by atoms with Crippen molar-refractivity contribution in [1.29, 1.82) is 0 Å². The number of amides is 1. The van der Waals surface area contributed by atoms with E-state index < -0.39 is 11.5 Å². The van der Waals surface area contributed by atoms with Crippen LogP contribution in [0.4, 0.5) is 0 Å². The second-order valence-electron chi connectivity index (χ2n) is 5.03. The van der Waals surface area contributed by atoms with Crippen LogP contribution in [-0.2, 0) is 0 Å². The highest BCUT2D eigenvalue weighted by Gasteiger charge is 2.08. The van der Waals surface area contributed by atoms with Crippen molar-refractivity contribution in [3.63, 3.8) is 0 Å². The Morgan fingerprint density at radius 3 is 2.65 bits per heavy atom. The van der Waals surface area contributed by atoms with Gasteiger partial charge in [-0.3, -0.25) is 9.59 Å².